The van der Waals surface area contributed by atoms with Gasteiger partial charge in [0.25, 0.3) is 5.69 Å². The third-order valence-electron chi connectivity index (χ3n) is 3.67. The van der Waals surface area contributed by atoms with Gasteiger partial charge in [-0.05, 0) is 30.3 Å². The van der Waals surface area contributed by atoms with Crippen molar-refractivity contribution >= 4 is 59.4 Å². The molecule has 0 saturated carbocycles. The van der Waals surface area contributed by atoms with E-state index in [1.807, 2.05) is 0 Å². The van der Waals surface area contributed by atoms with Crippen LogP contribution in [-0.2, 0) is 0 Å². The van der Waals surface area contributed by atoms with Crippen LogP contribution in [0.3, 0.4) is 0 Å². The maximum atomic E-state index is 13.1. The summed E-state index contributed by atoms with van der Waals surface area (Å²) in [5, 5.41) is 18.0. The first-order chi connectivity index (χ1) is 14.3. The molecular weight excluding hydrogens is 450 g/mol. The zero-order valence-electron chi connectivity index (χ0n) is 16.3. The van der Waals surface area contributed by atoms with Crippen molar-refractivity contribution in [2.24, 2.45) is 5.10 Å². The van der Waals surface area contributed by atoms with Crippen LogP contribution < -0.4 is 15.6 Å². The smallest absolute Gasteiger partial charge is 0.288 e. The average molecular weight is 467 g/mol. The molecule has 10 nitrogen and oxygen atoms in total. The van der Waals surface area contributed by atoms with Crippen molar-refractivity contribution in [1.82, 2.24) is 15.0 Å². The first-order valence-electron chi connectivity index (χ1n) is 8.51. The quantitative estimate of drug-likeness (QED) is 0.301. The number of aromatic nitrogens is 3. The molecule has 1 heterocycles. The van der Waals surface area contributed by atoms with Gasteiger partial charge < -0.3 is 10.2 Å². The van der Waals surface area contributed by atoms with E-state index in [4.69, 9.17) is 11.6 Å². The Morgan fingerprint density at radius 2 is 1.81 bits per heavy atom. The summed E-state index contributed by atoms with van der Waals surface area (Å²) in [6, 6.07) is 10.0. The van der Waals surface area contributed by atoms with Gasteiger partial charge >= 0.3 is 0 Å². The molecule has 0 aliphatic rings. The van der Waals surface area contributed by atoms with E-state index < -0.39 is 4.92 Å². The van der Waals surface area contributed by atoms with Crippen molar-refractivity contribution in [3.05, 3.63) is 69.0 Å². The molecule has 31 heavy (non-hydrogen) atoms. The largest absolute Gasteiger partial charge is 0.347 e. The second-order valence-corrected chi connectivity index (χ2v) is 6.55. The van der Waals surface area contributed by atoms with Gasteiger partial charge in [-0.3, -0.25) is 10.1 Å². The molecule has 0 atom stereocenters. The number of anilines is 4. The molecule has 0 aliphatic heterocycles. The minimum absolute atomic E-state index is 0. The van der Waals surface area contributed by atoms with Gasteiger partial charge in [-0.25, -0.2) is 9.82 Å². The van der Waals surface area contributed by atoms with Gasteiger partial charge in [0.2, 0.25) is 17.8 Å². The predicted molar refractivity (Wildman–Crippen MR) is 120 cm³/mol. The normalized spacial score (nSPS) is 10.5. The van der Waals surface area contributed by atoms with E-state index in [2.05, 4.69) is 30.8 Å². The molecule has 0 spiro atoms. The van der Waals surface area contributed by atoms with Crippen molar-refractivity contribution < 1.29 is 9.31 Å². The first kappa shape index (κ1) is 23.7. The fourth-order valence-corrected chi connectivity index (χ4v) is 2.43. The molecule has 0 saturated heterocycles. The highest BCUT2D eigenvalue weighted by Crippen LogP contribution is 2.24. The number of hydrazone groups is 1. The molecule has 2 N–H and O–H groups in total. The highest BCUT2D eigenvalue weighted by atomic mass is 35.5. The molecular formula is C18H17Cl2FN8O2. The Bertz CT molecular complexity index is 1100. The number of hydrogen-bond donors (Lipinski definition) is 2. The lowest BCUT2D eigenvalue weighted by molar-refractivity contribution is -0.384. The zero-order valence-corrected chi connectivity index (χ0v) is 17.9. The molecule has 0 radical (unpaired) electrons. The number of nitrogens with one attached hydrogen (secondary N) is 2. The van der Waals surface area contributed by atoms with E-state index in [0.29, 0.717) is 17.2 Å². The van der Waals surface area contributed by atoms with Crippen LogP contribution in [0.2, 0.25) is 5.02 Å². The molecule has 3 rings (SSSR count). The molecule has 0 unspecified atom stereocenters. The van der Waals surface area contributed by atoms with Crippen LogP contribution in [0.4, 0.5) is 33.6 Å². The predicted octanol–water partition coefficient (Wildman–Crippen LogP) is 4.25. The van der Waals surface area contributed by atoms with Crippen molar-refractivity contribution in [1.29, 1.82) is 0 Å². The van der Waals surface area contributed by atoms with Gasteiger partial charge in [0.05, 0.1) is 11.1 Å². The molecule has 162 valence electrons. The van der Waals surface area contributed by atoms with Crippen LogP contribution in [0.5, 0.6) is 0 Å². The minimum atomic E-state index is -0.574. The second kappa shape index (κ2) is 10.5. The van der Waals surface area contributed by atoms with E-state index >= 15 is 0 Å². The van der Waals surface area contributed by atoms with E-state index in [-0.39, 0.29) is 40.8 Å². The average Bonchev–Trinajstić information content (AvgIpc) is 2.70. The fourth-order valence-electron chi connectivity index (χ4n) is 2.25. The van der Waals surface area contributed by atoms with E-state index in [1.165, 1.54) is 30.5 Å². The molecule has 13 heteroatoms. The molecule has 0 aliphatic carbocycles. The number of rotatable bonds is 7. The van der Waals surface area contributed by atoms with Crippen LogP contribution in [0.25, 0.3) is 0 Å². The SMILES string of the molecule is CN(C)c1nc(N/N=C\c2ccc(Cl)c([N+](=O)[O-])c2)nc(Nc2ccc(F)cc2)n1.Cl. The fraction of sp³-hybridized carbons (Fsp3) is 0.111. The van der Waals surface area contributed by atoms with Gasteiger partial charge in [-0.2, -0.15) is 20.1 Å². The summed E-state index contributed by atoms with van der Waals surface area (Å²) in [4.78, 5) is 24.8. The van der Waals surface area contributed by atoms with Crippen LogP contribution in [-0.4, -0.2) is 40.2 Å². The molecule has 1 aromatic heterocycles. The van der Waals surface area contributed by atoms with Gasteiger partial charge in [-0.1, -0.05) is 17.7 Å². The van der Waals surface area contributed by atoms with Gasteiger partial charge in [0.1, 0.15) is 10.8 Å². The summed E-state index contributed by atoms with van der Waals surface area (Å²) in [6.07, 6.45) is 1.37. The summed E-state index contributed by atoms with van der Waals surface area (Å²) in [5.41, 5.74) is 3.50. The summed E-state index contributed by atoms with van der Waals surface area (Å²) in [7, 11) is 3.52. The number of halogens is 3. The summed E-state index contributed by atoms with van der Waals surface area (Å²) < 4.78 is 13.1. The first-order valence-corrected chi connectivity index (χ1v) is 8.88. The zero-order chi connectivity index (χ0) is 21.7. The molecule has 3 aromatic rings. The highest BCUT2D eigenvalue weighted by molar-refractivity contribution is 6.32. The Balaban J connectivity index is 0.00000341. The lowest BCUT2D eigenvalue weighted by atomic mass is 10.2. The third-order valence-corrected chi connectivity index (χ3v) is 3.99. The number of nitro benzene ring substituents is 1. The molecule has 0 amide bonds. The Hall–Kier alpha value is -3.57. The third kappa shape index (κ3) is 6.46. The maximum absolute atomic E-state index is 13.1. The standard InChI is InChI=1S/C18H16ClFN8O2.ClH/c1-27(2)18-24-16(22-13-6-4-12(20)5-7-13)23-17(25-18)26-21-10-11-3-8-14(19)15(9-11)28(29)30;/h3-10H,1-2H3,(H2,22,23,24,25,26);1H/b21-10-;. The van der Waals surface area contributed by atoms with Crippen molar-refractivity contribution in [2.45, 2.75) is 0 Å². The van der Waals surface area contributed by atoms with Gasteiger partial charge in [0, 0.05) is 31.4 Å². The summed E-state index contributed by atoms with van der Waals surface area (Å²) in [5.74, 6) is 0.358. The topological polar surface area (TPSA) is 121 Å². The Morgan fingerprint density at radius 1 is 1.13 bits per heavy atom. The van der Waals surface area contributed by atoms with Crippen LogP contribution in [0.1, 0.15) is 5.56 Å². The van der Waals surface area contributed by atoms with Crippen LogP contribution >= 0.6 is 24.0 Å². The van der Waals surface area contributed by atoms with E-state index in [0.717, 1.165) is 0 Å². The van der Waals surface area contributed by atoms with Crippen LogP contribution in [0.15, 0.2) is 47.6 Å². The van der Waals surface area contributed by atoms with Crippen molar-refractivity contribution in [3.63, 3.8) is 0 Å². The van der Waals surface area contributed by atoms with E-state index in [1.54, 1.807) is 37.2 Å². The molecule has 2 aromatic carbocycles. The summed E-state index contributed by atoms with van der Waals surface area (Å²) >= 11 is 5.80. The second-order valence-electron chi connectivity index (χ2n) is 6.15. The number of benzene rings is 2. The lowest BCUT2D eigenvalue weighted by Gasteiger charge is -2.13. The van der Waals surface area contributed by atoms with Gasteiger partial charge in [0.15, 0.2) is 0 Å². The van der Waals surface area contributed by atoms with Gasteiger partial charge in [-0.15, -0.1) is 12.4 Å². The number of nitro groups is 1. The highest BCUT2D eigenvalue weighted by Gasteiger charge is 2.12. The molecule has 0 fully saturated rings. The number of hydrogen-bond acceptors (Lipinski definition) is 9. The van der Waals surface area contributed by atoms with Crippen molar-refractivity contribution in [2.75, 3.05) is 29.7 Å². The Morgan fingerprint density at radius 3 is 2.45 bits per heavy atom. The van der Waals surface area contributed by atoms with Crippen LogP contribution in [0, 0.1) is 15.9 Å². The van der Waals surface area contributed by atoms with Crippen molar-refractivity contribution in [3.8, 4) is 0 Å². The number of nitrogens with zero attached hydrogens (tertiary/aromatic N) is 6. The maximum Gasteiger partial charge on any atom is 0.288 e. The minimum Gasteiger partial charge on any atom is -0.347 e. The van der Waals surface area contributed by atoms with E-state index in [9.17, 15) is 14.5 Å². The Labute approximate surface area is 187 Å². The molecule has 0 bridgehead atoms. The monoisotopic (exact) mass is 466 g/mol. The summed E-state index contributed by atoms with van der Waals surface area (Å²) in [6.45, 7) is 0. The Kier molecular flexibility index (Phi) is 8.00. The lowest BCUT2D eigenvalue weighted by Crippen LogP contribution is -2.15.